The van der Waals surface area contributed by atoms with E-state index in [1.165, 1.54) is 11.1 Å². The van der Waals surface area contributed by atoms with Crippen LogP contribution in [0.25, 0.3) is 0 Å². The quantitative estimate of drug-likeness (QED) is 0.873. The van der Waals surface area contributed by atoms with E-state index in [9.17, 15) is 0 Å². The Labute approximate surface area is 102 Å². The molecule has 0 fully saturated rings. The van der Waals surface area contributed by atoms with Crippen LogP contribution in [0.5, 0.6) is 0 Å². The SMILES string of the molecule is CCc1nn(C)cc1C(N)Cc1ccccc1. The van der Waals surface area contributed by atoms with Crippen molar-refractivity contribution in [3.05, 3.63) is 53.3 Å². The minimum Gasteiger partial charge on any atom is -0.324 e. The fraction of sp³-hybridized carbons (Fsp3) is 0.357. The first-order valence-electron chi connectivity index (χ1n) is 6.02. The summed E-state index contributed by atoms with van der Waals surface area (Å²) >= 11 is 0. The summed E-state index contributed by atoms with van der Waals surface area (Å²) in [5, 5.41) is 4.43. The van der Waals surface area contributed by atoms with Gasteiger partial charge in [-0.3, -0.25) is 4.68 Å². The van der Waals surface area contributed by atoms with Crippen LogP contribution in [0.4, 0.5) is 0 Å². The molecule has 0 aliphatic heterocycles. The minimum absolute atomic E-state index is 0.0287. The van der Waals surface area contributed by atoms with Crippen molar-refractivity contribution < 1.29 is 0 Å². The summed E-state index contributed by atoms with van der Waals surface area (Å²) < 4.78 is 1.85. The van der Waals surface area contributed by atoms with E-state index in [4.69, 9.17) is 5.73 Å². The van der Waals surface area contributed by atoms with Gasteiger partial charge in [0.25, 0.3) is 0 Å². The van der Waals surface area contributed by atoms with Gasteiger partial charge >= 0.3 is 0 Å². The highest BCUT2D eigenvalue weighted by molar-refractivity contribution is 5.25. The number of benzene rings is 1. The summed E-state index contributed by atoms with van der Waals surface area (Å²) in [6, 6.07) is 10.4. The summed E-state index contributed by atoms with van der Waals surface area (Å²) in [5.74, 6) is 0. The molecule has 2 N–H and O–H groups in total. The number of rotatable bonds is 4. The summed E-state index contributed by atoms with van der Waals surface area (Å²) in [5.41, 5.74) is 9.81. The van der Waals surface area contributed by atoms with Gasteiger partial charge in [0, 0.05) is 24.8 Å². The summed E-state index contributed by atoms with van der Waals surface area (Å²) in [7, 11) is 1.94. The van der Waals surface area contributed by atoms with Gasteiger partial charge in [-0.05, 0) is 18.4 Å². The highest BCUT2D eigenvalue weighted by Crippen LogP contribution is 2.19. The van der Waals surface area contributed by atoms with Gasteiger partial charge in [0.15, 0.2) is 0 Å². The first-order valence-corrected chi connectivity index (χ1v) is 6.02. The van der Waals surface area contributed by atoms with Gasteiger partial charge in [0.1, 0.15) is 0 Å². The molecule has 1 aromatic heterocycles. The van der Waals surface area contributed by atoms with Crippen LogP contribution in [0.15, 0.2) is 36.5 Å². The fourth-order valence-corrected chi connectivity index (χ4v) is 2.12. The average Bonchev–Trinajstić information content (AvgIpc) is 2.72. The molecule has 2 aromatic rings. The third-order valence-electron chi connectivity index (χ3n) is 2.97. The van der Waals surface area contributed by atoms with Crippen LogP contribution in [0.1, 0.15) is 29.8 Å². The molecule has 0 radical (unpaired) electrons. The highest BCUT2D eigenvalue weighted by atomic mass is 15.3. The molecule has 2 rings (SSSR count). The summed E-state index contributed by atoms with van der Waals surface area (Å²) in [6.45, 7) is 2.11. The Hall–Kier alpha value is -1.61. The maximum absolute atomic E-state index is 6.26. The van der Waals surface area contributed by atoms with Crippen LogP contribution >= 0.6 is 0 Å². The normalized spacial score (nSPS) is 12.6. The fourth-order valence-electron chi connectivity index (χ4n) is 2.12. The smallest absolute Gasteiger partial charge is 0.0669 e. The molecule has 90 valence electrons. The molecular weight excluding hydrogens is 210 g/mol. The number of aromatic nitrogens is 2. The van der Waals surface area contributed by atoms with E-state index in [-0.39, 0.29) is 6.04 Å². The summed E-state index contributed by atoms with van der Waals surface area (Å²) in [4.78, 5) is 0. The molecule has 0 spiro atoms. The number of aryl methyl sites for hydroxylation is 2. The second-order valence-corrected chi connectivity index (χ2v) is 4.35. The van der Waals surface area contributed by atoms with E-state index in [0.717, 1.165) is 18.5 Å². The van der Waals surface area contributed by atoms with Crippen LogP contribution in [-0.2, 0) is 19.9 Å². The molecule has 1 aromatic carbocycles. The molecule has 0 saturated heterocycles. The van der Waals surface area contributed by atoms with Crippen LogP contribution < -0.4 is 5.73 Å². The minimum atomic E-state index is 0.0287. The van der Waals surface area contributed by atoms with Crippen LogP contribution in [0.3, 0.4) is 0 Å². The Bertz CT molecular complexity index is 473. The first-order chi connectivity index (χ1) is 8.20. The predicted octanol–water partition coefficient (Wildman–Crippen LogP) is 2.23. The Kier molecular flexibility index (Phi) is 3.59. The van der Waals surface area contributed by atoms with Gasteiger partial charge < -0.3 is 5.73 Å². The van der Waals surface area contributed by atoms with Crippen LogP contribution in [0.2, 0.25) is 0 Å². The molecule has 0 aliphatic carbocycles. The van der Waals surface area contributed by atoms with Gasteiger partial charge in [-0.25, -0.2) is 0 Å². The number of nitrogens with zero attached hydrogens (tertiary/aromatic N) is 2. The van der Waals surface area contributed by atoms with Crippen molar-refractivity contribution >= 4 is 0 Å². The lowest BCUT2D eigenvalue weighted by atomic mass is 9.99. The third-order valence-corrected chi connectivity index (χ3v) is 2.97. The monoisotopic (exact) mass is 229 g/mol. The molecule has 3 heteroatoms. The highest BCUT2D eigenvalue weighted by Gasteiger charge is 2.14. The van der Waals surface area contributed by atoms with Crippen molar-refractivity contribution in [1.82, 2.24) is 9.78 Å². The number of nitrogens with two attached hydrogens (primary N) is 1. The molecular formula is C14H19N3. The second kappa shape index (κ2) is 5.15. The van der Waals surface area contributed by atoms with Crippen molar-refractivity contribution in [1.29, 1.82) is 0 Å². The van der Waals surface area contributed by atoms with Gasteiger partial charge in [-0.15, -0.1) is 0 Å². The maximum atomic E-state index is 6.26. The standard InChI is InChI=1S/C14H19N3/c1-3-14-12(10-17(2)16-14)13(15)9-11-7-5-4-6-8-11/h4-8,10,13H,3,9,15H2,1-2H3. The lowest BCUT2D eigenvalue weighted by Crippen LogP contribution is -2.14. The zero-order chi connectivity index (χ0) is 12.3. The van der Waals surface area contributed by atoms with Gasteiger partial charge in [0.05, 0.1) is 5.69 Å². The van der Waals surface area contributed by atoms with E-state index in [2.05, 4.69) is 24.2 Å². The molecule has 1 unspecified atom stereocenters. The molecule has 0 amide bonds. The Morgan fingerprint density at radius 1 is 1.29 bits per heavy atom. The first kappa shape index (κ1) is 11.9. The number of hydrogen-bond acceptors (Lipinski definition) is 2. The second-order valence-electron chi connectivity index (χ2n) is 4.35. The van der Waals surface area contributed by atoms with Crippen LogP contribution in [0, 0.1) is 0 Å². The molecule has 0 aliphatic rings. The lowest BCUT2D eigenvalue weighted by molar-refractivity contribution is 0.711. The molecule has 0 saturated carbocycles. The Morgan fingerprint density at radius 2 is 2.00 bits per heavy atom. The van der Waals surface area contributed by atoms with Crippen LogP contribution in [-0.4, -0.2) is 9.78 Å². The zero-order valence-corrected chi connectivity index (χ0v) is 10.4. The van der Waals surface area contributed by atoms with E-state index < -0.39 is 0 Å². The number of hydrogen-bond donors (Lipinski definition) is 1. The van der Waals surface area contributed by atoms with E-state index in [1.54, 1.807) is 0 Å². The topological polar surface area (TPSA) is 43.8 Å². The van der Waals surface area contributed by atoms with Crippen molar-refractivity contribution in [3.63, 3.8) is 0 Å². The van der Waals surface area contributed by atoms with E-state index in [0.29, 0.717) is 0 Å². The molecule has 17 heavy (non-hydrogen) atoms. The largest absolute Gasteiger partial charge is 0.324 e. The molecule has 1 atom stereocenters. The van der Waals surface area contributed by atoms with Crippen molar-refractivity contribution in [2.45, 2.75) is 25.8 Å². The van der Waals surface area contributed by atoms with Crippen molar-refractivity contribution in [2.75, 3.05) is 0 Å². The molecule has 3 nitrogen and oxygen atoms in total. The Morgan fingerprint density at radius 3 is 2.65 bits per heavy atom. The zero-order valence-electron chi connectivity index (χ0n) is 10.4. The average molecular weight is 229 g/mol. The van der Waals surface area contributed by atoms with E-state index in [1.807, 2.05) is 36.1 Å². The lowest BCUT2D eigenvalue weighted by Gasteiger charge is -2.11. The van der Waals surface area contributed by atoms with Crippen molar-refractivity contribution in [2.24, 2.45) is 12.8 Å². The predicted molar refractivity (Wildman–Crippen MR) is 69.7 cm³/mol. The molecule has 0 bridgehead atoms. The molecule has 1 heterocycles. The van der Waals surface area contributed by atoms with Gasteiger partial charge in [-0.1, -0.05) is 37.3 Å². The Balaban J connectivity index is 2.17. The van der Waals surface area contributed by atoms with Crippen molar-refractivity contribution in [3.8, 4) is 0 Å². The third kappa shape index (κ3) is 2.74. The van der Waals surface area contributed by atoms with Gasteiger partial charge in [0.2, 0.25) is 0 Å². The van der Waals surface area contributed by atoms with Gasteiger partial charge in [-0.2, -0.15) is 5.10 Å². The summed E-state index contributed by atoms with van der Waals surface area (Å²) in [6.07, 6.45) is 3.82. The maximum Gasteiger partial charge on any atom is 0.0669 e. The van der Waals surface area contributed by atoms with E-state index >= 15 is 0 Å².